The highest BCUT2D eigenvalue weighted by molar-refractivity contribution is 5.95. The molecule has 2 amide bonds. The lowest BCUT2D eigenvalue weighted by Crippen LogP contribution is -2.27. The summed E-state index contributed by atoms with van der Waals surface area (Å²) in [6.45, 7) is 3.17. The molecule has 3 aromatic carbocycles. The molecule has 0 unspecified atom stereocenters. The molecule has 148 valence electrons. The Balaban J connectivity index is 1.35. The summed E-state index contributed by atoms with van der Waals surface area (Å²) in [7, 11) is 0. The lowest BCUT2D eigenvalue weighted by atomic mass is 10.0. The van der Waals surface area contributed by atoms with Crippen LogP contribution in [-0.2, 0) is 0 Å². The van der Waals surface area contributed by atoms with Crippen LogP contribution < -0.4 is 10.6 Å². The van der Waals surface area contributed by atoms with Gasteiger partial charge in [-0.3, -0.25) is 9.59 Å². The summed E-state index contributed by atoms with van der Waals surface area (Å²) < 4.78 is 0. The van der Waals surface area contributed by atoms with E-state index in [9.17, 15) is 9.59 Å². The average molecular weight is 386 g/mol. The second-order valence-electron chi connectivity index (χ2n) is 7.03. The fourth-order valence-corrected chi connectivity index (χ4v) is 3.01. The molecule has 3 rings (SSSR count). The van der Waals surface area contributed by atoms with Crippen LogP contribution in [-0.4, -0.2) is 24.9 Å². The van der Waals surface area contributed by atoms with E-state index in [0.29, 0.717) is 24.2 Å². The second-order valence-corrected chi connectivity index (χ2v) is 7.03. The van der Waals surface area contributed by atoms with Crippen molar-refractivity contribution in [3.8, 4) is 11.1 Å². The fraction of sp³-hybridized carbons (Fsp3) is 0.200. The minimum Gasteiger partial charge on any atom is -0.352 e. The Morgan fingerprint density at radius 2 is 1.07 bits per heavy atom. The van der Waals surface area contributed by atoms with Gasteiger partial charge >= 0.3 is 0 Å². The molecular formula is C25H26N2O2. The van der Waals surface area contributed by atoms with Crippen LogP contribution in [0.25, 0.3) is 11.1 Å². The maximum Gasteiger partial charge on any atom is 0.251 e. The largest absolute Gasteiger partial charge is 0.352 e. The molecule has 0 aliphatic heterocycles. The third-order valence-electron chi connectivity index (χ3n) is 4.74. The molecule has 3 aromatic rings. The highest BCUT2D eigenvalue weighted by Crippen LogP contribution is 2.19. The summed E-state index contributed by atoms with van der Waals surface area (Å²) in [6, 6.07) is 25.2. The van der Waals surface area contributed by atoms with Crippen LogP contribution in [0.5, 0.6) is 0 Å². The third kappa shape index (κ3) is 6.04. The number of nitrogens with one attached hydrogen (secondary N) is 2. The van der Waals surface area contributed by atoms with Crippen molar-refractivity contribution in [2.24, 2.45) is 0 Å². The number of aryl methyl sites for hydroxylation is 1. The van der Waals surface area contributed by atoms with Gasteiger partial charge < -0.3 is 10.6 Å². The lowest BCUT2D eigenvalue weighted by molar-refractivity contribution is 0.0939. The molecule has 0 atom stereocenters. The first-order valence-corrected chi connectivity index (χ1v) is 9.92. The van der Waals surface area contributed by atoms with Crippen molar-refractivity contribution in [2.75, 3.05) is 13.1 Å². The van der Waals surface area contributed by atoms with Crippen LogP contribution in [0, 0.1) is 6.92 Å². The zero-order chi connectivity index (χ0) is 20.5. The molecule has 0 saturated carbocycles. The Bertz CT molecular complexity index is 933. The van der Waals surface area contributed by atoms with Gasteiger partial charge in [0.15, 0.2) is 0 Å². The first kappa shape index (κ1) is 20.3. The van der Waals surface area contributed by atoms with E-state index >= 15 is 0 Å². The normalized spacial score (nSPS) is 10.4. The zero-order valence-corrected chi connectivity index (χ0v) is 16.7. The third-order valence-corrected chi connectivity index (χ3v) is 4.74. The minimum atomic E-state index is -0.0756. The van der Waals surface area contributed by atoms with Gasteiger partial charge in [0.2, 0.25) is 0 Å². The monoisotopic (exact) mass is 386 g/mol. The number of carbonyl (C=O) groups excluding carboxylic acids is 2. The fourth-order valence-electron chi connectivity index (χ4n) is 3.01. The van der Waals surface area contributed by atoms with Crippen molar-refractivity contribution < 1.29 is 9.59 Å². The van der Waals surface area contributed by atoms with Gasteiger partial charge in [0.1, 0.15) is 0 Å². The van der Waals surface area contributed by atoms with Crippen LogP contribution in [0.15, 0.2) is 78.9 Å². The second kappa shape index (κ2) is 10.2. The predicted molar refractivity (Wildman–Crippen MR) is 117 cm³/mol. The summed E-state index contributed by atoms with van der Waals surface area (Å²) in [6.07, 6.45) is 1.62. The van der Waals surface area contributed by atoms with Gasteiger partial charge in [-0.25, -0.2) is 0 Å². The topological polar surface area (TPSA) is 58.2 Å². The Morgan fingerprint density at radius 3 is 1.59 bits per heavy atom. The van der Waals surface area contributed by atoms with Crippen molar-refractivity contribution in [1.82, 2.24) is 10.6 Å². The molecule has 0 aliphatic carbocycles. The molecule has 4 heteroatoms. The first-order chi connectivity index (χ1) is 14.1. The minimum absolute atomic E-state index is 0.0625. The van der Waals surface area contributed by atoms with E-state index in [2.05, 4.69) is 10.6 Å². The van der Waals surface area contributed by atoms with Crippen molar-refractivity contribution >= 4 is 11.8 Å². The number of hydrogen-bond acceptors (Lipinski definition) is 2. The first-order valence-electron chi connectivity index (χ1n) is 9.92. The number of hydrogen-bond donors (Lipinski definition) is 2. The van der Waals surface area contributed by atoms with E-state index in [0.717, 1.165) is 29.5 Å². The van der Waals surface area contributed by atoms with Crippen LogP contribution in [0.3, 0.4) is 0 Å². The summed E-state index contributed by atoms with van der Waals surface area (Å²) in [4.78, 5) is 24.3. The van der Waals surface area contributed by atoms with E-state index in [1.54, 1.807) is 0 Å². The summed E-state index contributed by atoms with van der Waals surface area (Å²) in [5, 5.41) is 5.84. The molecule has 4 nitrogen and oxygen atoms in total. The highest BCUT2D eigenvalue weighted by Gasteiger charge is 2.06. The van der Waals surface area contributed by atoms with E-state index in [-0.39, 0.29) is 11.8 Å². The standard InChI is InChI=1S/C25H26N2O2/c1-19-9-11-22(12-10-19)24(28)26-17-5-6-18-27-25(29)23-15-13-21(14-16-23)20-7-3-2-4-8-20/h2-4,7-16H,5-6,17-18H2,1H3,(H,26,28)(H,27,29). The number of carbonyl (C=O) groups is 2. The van der Waals surface area contributed by atoms with Crippen molar-refractivity contribution in [3.05, 3.63) is 95.6 Å². The van der Waals surface area contributed by atoms with Crippen LogP contribution in [0.1, 0.15) is 39.1 Å². The highest BCUT2D eigenvalue weighted by atomic mass is 16.2. The SMILES string of the molecule is Cc1ccc(C(=O)NCCCCNC(=O)c2ccc(-c3ccccc3)cc2)cc1. The van der Waals surface area contributed by atoms with E-state index < -0.39 is 0 Å². The number of benzene rings is 3. The van der Waals surface area contributed by atoms with Gasteiger partial charge in [0.05, 0.1) is 0 Å². The van der Waals surface area contributed by atoms with Crippen LogP contribution in [0.2, 0.25) is 0 Å². The predicted octanol–water partition coefficient (Wildman–Crippen LogP) is 4.60. The smallest absolute Gasteiger partial charge is 0.251 e. The summed E-state index contributed by atoms with van der Waals surface area (Å²) in [5.74, 6) is -0.138. The summed E-state index contributed by atoms with van der Waals surface area (Å²) >= 11 is 0. The number of unbranched alkanes of at least 4 members (excludes halogenated alkanes) is 1. The van der Waals surface area contributed by atoms with Gasteiger partial charge in [-0.05, 0) is 55.2 Å². The molecular weight excluding hydrogens is 360 g/mol. The molecule has 0 heterocycles. The molecule has 0 aromatic heterocycles. The van der Waals surface area contributed by atoms with E-state index in [1.165, 1.54) is 0 Å². The van der Waals surface area contributed by atoms with E-state index in [4.69, 9.17) is 0 Å². The number of rotatable bonds is 8. The average Bonchev–Trinajstić information content (AvgIpc) is 2.77. The van der Waals surface area contributed by atoms with Crippen molar-refractivity contribution in [2.45, 2.75) is 19.8 Å². The van der Waals surface area contributed by atoms with Crippen LogP contribution >= 0.6 is 0 Å². The van der Waals surface area contributed by atoms with Gasteiger partial charge in [0.25, 0.3) is 11.8 Å². The Hall–Kier alpha value is -3.40. The quantitative estimate of drug-likeness (QED) is 0.556. The zero-order valence-electron chi connectivity index (χ0n) is 16.7. The van der Waals surface area contributed by atoms with Gasteiger partial charge in [-0.1, -0.05) is 60.2 Å². The van der Waals surface area contributed by atoms with Gasteiger partial charge in [-0.2, -0.15) is 0 Å². The molecule has 0 fully saturated rings. The lowest BCUT2D eigenvalue weighted by Gasteiger charge is -2.08. The van der Waals surface area contributed by atoms with Gasteiger partial charge in [-0.15, -0.1) is 0 Å². The van der Waals surface area contributed by atoms with Crippen LogP contribution in [0.4, 0.5) is 0 Å². The van der Waals surface area contributed by atoms with Gasteiger partial charge in [0, 0.05) is 24.2 Å². The Kier molecular flexibility index (Phi) is 7.17. The van der Waals surface area contributed by atoms with Crippen molar-refractivity contribution in [3.63, 3.8) is 0 Å². The Labute approximate surface area is 172 Å². The molecule has 2 N–H and O–H groups in total. The Morgan fingerprint density at radius 1 is 0.621 bits per heavy atom. The summed E-state index contributed by atoms with van der Waals surface area (Å²) in [5.41, 5.74) is 4.67. The molecule has 0 radical (unpaired) electrons. The molecule has 0 spiro atoms. The van der Waals surface area contributed by atoms with E-state index in [1.807, 2.05) is 85.8 Å². The maximum atomic E-state index is 12.3. The number of amides is 2. The molecule has 0 saturated heterocycles. The molecule has 0 aliphatic rings. The molecule has 29 heavy (non-hydrogen) atoms. The maximum absolute atomic E-state index is 12.3. The molecule has 0 bridgehead atoms. The van der Waals surface area contributed by atoms with Crippen molar-refractivity contribution in [1.29, 1.82) is 0 Å².